The molecule has 4 aromatic rings. The smallest absolute Gasteiger partial charge is 0.300 e. The minimum atomic E-state index is -0.799. The van der Waals surface area contributed by atoms with E-state index in [9.17, 15) is 14.7 Å². The van der Waals surface area contributed by atoms with Crippen LogP contribution in [-0.2, 0) is 15.0 Å². The van der Waals surface area contributed by atoms with E-state index in [-0.39, 0.29) is 16.7 Å². The predicted octanol–water partition coefficient (Wildman–Crippen LogP) is 6.77. The maximum atomic E-state index is 13.5. The van der Waals surface area contributed by atoms with Crippen molar-refractivity contribution in [2.75, 3.05) is 12.0 Å². The van der Waals surface area contributed by atoms with Gasteiger partial charge in [-0.1, -0.05) is 87.5 Å². The van der Waals surface area contributed by atoms with Crippen LogP contribution in [0.15, 0.2) is 96.6 Å². The minimum absolute atomic E-state index is 0.0573. The summed E-state index contributed by atoms with van der Waals surface area (Å²) in [4.78, 5) is 28.4. The van der Waals surface area contributed by atoms with E-state index in [2.05, 4.69) is 20.8 Å². The Hall–Kier alpha value is -4.38. The molecular weight excluding hydrogens is 462 g/mol. The standard InChI is InChI=1S/C32H29NO4/c1-32(2,3)24-16-14-21(15-17-24)28-27(29(34)23-13-12-20-8-5-6-9-22(20)18-23)30(35)31(36)33(28)25-10-7-11-26(19-25)37-4/h5-19,28,34H,1-4H3/b29-27-. The zero-order chi connectivity index (χ0) is 26.3. The quantitative estimate of drug-likeness (QED) is 0.194. The van der Waals surface area contributed by atoms with E-state index < -0.39 is 17.7 Å². The lowest BCUT2D eigenvalue weighted by molar-refractivity contribution is -0.132. The number of methoxy groups -OCH3 is 1. The first-order valence-electron chi connectivity index (χ1n) is 12.2. The molecule has 1 N–H and O–H groups in total. The lowest BCUT2D eigenvalue weighted by Crippen LogP contribution is -2.29. The number of ether oxygens (including phenoxy) is 1. The number of rotatable bonds is 4. The van der Waals surface area contributed by atoms with Gasteiger partial charge in [0.25, 0.3) is 11.7 Å². The fraction of sp³-hybridized carbons (Fsp3) is 0.188. The average molecular weight is 492 g/mol. The first-order chi connectivity index (χ1) is 17.7. The highest BCUT2D eigenvalue weighted by atomic mass is 16.5. The topological polar surface area (TPSA) is 66.8 Å². The molecule has 1 amide bonds. The summed E-state index contributed by atoms with van der Waals surface area (Å²) in [6, 6.07) is 27.4. The highest BCUT2D eigenvalue weighted by molar-refractivity contribution is 6.51. The molecule has 5 nitrogen and oxygen atoms in total. The lowest BCUT2D eigenvalue weighted by atomic mass is 9.85. The van der Waals surface area contributed by atoms with Crippen molar-refractivity contribution in [2.24, 2.45) is 0 Å². The van der Waals surface area contributed by atoms with Gasteiger partial charge in [-0.15, -0.1) is 0 Å². The number of nitrogens with zero attached hydrogens (tertiary/aromatic N) is 1. The molecule has 1 aliphatic heterocycles. The summed E-state index contributed by atoms with van der Waals surface area (Å²) >= 11 is 0. The number of fused-ring (bicyclic) bond motifs is 1. The van der Waals surface area contributed by atoms with E-state index in [0.717, 1.165) is 21.9 Å². The van der Waals surface area contributed by atoms with Gasteiger partial charge in [0.15, 0.2) is 0 Å². The summed E-state index contributed by atoms with van der Waals surface area (Å²) in [5, 5.41) is 13.5. The maximum Gasteiger partial charge on any atom is 0.300 e. The Kier molecular flexibility index (Phi) is 6.08. The van der Waals surface area contributed by atoms with Gasteiger partial charge in [-0.05, 0) is 45.5 Å². The largest absolute Gasteiger partial charge is 0.507 e. The first kappa shape index (κ1) is 24.3. The van der Waals surface area contributed by atoms with Crippen molar-refractivity contribution < 1.29 is 19.4 Å². The summed E-state index contributed by atoms with van der Waals surface area (Å²) < 4.78 is 5.37. The van der Waals surface area contributed by atoms with E-state index in [1.54, 1.807) is 37.4 Å². The van der Waals surface area contributed by atoms with Crippen LogP contribution in [0.2, 0.25) is 0 Å². The van der Waals surface area contributed by atoms with Crippen LogP contribution in [-0.4, -0.2) is 23.9 Å². The Morgan fingerprint density at radius 2 is 1.54 bits per heavy atom. The molecule has 1 unspecified atom stereocenters. The number of ketones is 1. The van der Waals surface area contributed by atoms with Crippen LogP contribution in [0.5, 0.6) is 5.75 Å². The Balaban J connectivity index is 1.71. The SMILES string of the molecule is COc1cccc(N2C(=O)C(=O)/C(=C(\O)c3ccc4ccccc4c3)C2c2ccc(C(C)(C)C)cc2)c1. The first-order valence-corrected chi connectivity index (χ1v) is 12.2. The summed E-state index contributed by atoms with van der Waals surface area (Å²) in [6.07, 6.45) is 0. The summed E-state index contributed by atoms with van der Waals surface area (Å²) in [7, 11) is 1.55. The van der Waals surface area contributed by atoms with Crippen molar-refractivity contribution in [2.45, 2.75) is 32.2 Å². The Labute approximate surface area is 216 Å². The van der Waals surface area contributed by atoms with Gasteiger partial charge in [0.2, 0.25) is 0 Å². The van der Waals surface area contributed by atoms with Crippen molar-refractivity contribution in [1.82, 2.24) is 0 Å². The van der Waals surface area contributed by atoms with Crippen molar-refractivity contribution in [3.63, 3.8) is 0 Å². The number of aliphatic hydroxyl groups excluding tert-OH is 1. The Morgan fingerprint density at radius 1 is 0.838 bits per heavy atom. The fourth-order valence-electron chi connectivity index (χ4n) is 4.83. The molecule has 1 aliphatic rings. The van der Waals surface area contributed by atoms with Crippen molar-refractivity contribution in [3.8, 4) is 5.75 Å². The number of hydrogen-bond donors (Lipinski definition) is 1. The van der Waals surface area contributed by atoms with Gasteiger partial charge in [-0.2, -0.15) is 0 Å². The van der Waals surface area contributed by atoms with E-state index >= 15 is 0 Å². The number of aliphatic hydroxyl groups is 1. The van der Waals surface area contributed by atoms with E-state index in [1.165, 1.54) is 4.90 Å². The van der Waals surface area contributed by atoms with Gasteiger partial charge in [0, 0.05) is 17.3 Å². The third-order valence-electron chi connectivity index (χ3n) is 6.89. The number of carbonyl (C=O) groups excluding carboxylic acids is 2. The molecule has 1 atom stereocenters. The minimum Gasteiger partial charge on any atom is -0.507 e. The zero-order valence-corrected chi connectivity index (χ0v) is 21.4. The highest BCUT2D eigenvalue weighted by Crippen LogP contribution is 2.43. The molecule has 1 fully saturated rings. The molecule has 0 saturated carbocycles. The molecule has 0 radical (unpaired) electrons. The number of carbonyl (C=O) groups is 2. The number of hydrogen-bond acceptors (Lipinski definition) is 4. The maximum absolute atomic E-state index is 13.5. The summed E-state index contributed by atoms with van der Waals surface area (Å²) in [6.45, 7) is 6.39. The molecule has 0 aromatic heterocycles. The van der Waals surface area contributed by atoms with Crippen molar-refractivity contribution >= 4 is 33.9 Å². The van der Waals surface area contributed by atoms with Gasteiger partial charge in [-0.25, -0.2) is 0 Å². The van der Waals surface area contributed by atoms with Gasteiger partial charge >= 0.3 is 0 Å². The Bertz CT molecular complexity index is 1540. The van der Waals surface area contributed by atoms with Crippen LogP contribution in [0.25, 0.3) is 16.5 Å². The number of anilines is 1. The van der Waals surface area contributed by atoms with E-state index in [0.29, 0.717) is 17.0 Å². The number of amides is 1. The van der Waals surface area contributed by atoms with Crippen LogP contribution in [0.3, 0.4) is 0 Å². The Morgan fingerprint density at radius 3 is 2.22 bits per heavy atom. The van der Waals surface area contributed by atoms with Crippen LogP contribution >= 0.6 is 0 Å². The molecule has 186 valence electrons. The summed E-state index contributed by atoms with van der Waals surface area (Å²) in [5.41, 5.74) is 2.87. The lowest BCUT2D eigenvalue weighted by Gasteiger charge is -2.27. The second kappa shape index (κ2) is 9.25. The molecule has 4 aromatic carbocycles. The number of Topliss-reactive ketones (excluding diaryl/α,β-unsaturated/α-hetero) is 1. The molecule has 5 heteroatoms. The van der Waals surface area contributed by atoms with E-state index in [1.807, 2.05) is 60.7 Å². The zero-order valence-electron chi connectivity index (χ0n) is 21.4. The van der Waals surface area contributed by atoms with Gasteiger partial charge < -0.3 is 9.84 Å². The molecule has 37 heavy (non-hydrogen) atoms. The molecule has 1 saturated heterocycles. The van der Waals surface area contributed by atoms with Gasteiger partial charge in [0.1, 0.15) is 11.5 Å². The number of benzene rings is 4. The predicted molar refractivity (Wildman–Crippen MR) is 147 cm³/mol. The third-order valence-corrected chi connectivity index (χ3v) is 6.89. The van der Waals surface area contributed by atoms with Gasteiger partial charge in [-0.3, -0.25) is 14.5 Å². The van der Waals surface area contributed by atoms with Crippen molar-refractivity contribution in [3.05, 3.63) is 113 Å². The van der Waals surface area contributed by atoms with Gasteiger partial charge in [0.05, 0.1) is 18.7 Å². The second-order valence-electron chi connectivity index (χ2n) is 10.3. The summed E-state index contributed by atoms with van der Waals surface area (Å²) in [5.74, 6) is -1.05. The van der Waals surface area contributed by atoms with Crippen LogP contribution in [0.4, 0.5) is 5.69 Å². The fourth-order valence-corrected chi connectivity index (χ4v) is 4.83. The van der Waals surface area contributed by atoms with Crippen LogP contribution in [0.1, 0.15) is 43.5 Å². The molecule has 5 rings (SSSR count). The monoisotopic (exact) mass is 491 g/mol. The third kappa shape index (κ3) is 4.38. The average Bonchev–Trinajstić information content (AvgIpc) is 3.17. The normalized spacial score (nSPS) is 17.4. The molecule has 0 spiro atoms. The van der Waals surface area contributed by atoms with Crippen molar-refractivity contribution in [1.29, 1.82) is 0 Å². The molecular formula is C32H29NO4. The van der Waals surface area contributed by atoms with Crippen LogP contribution in [0, 0.1) is 0 Å². The van der Waals surface area contributed by atoms with E-state index in [4.69, 9.17) is 4.74 Å². The molecule has 0 bridgehead atoms. The highest BCUT2D eigenvalue weighted by Gasteiger charge is 2.47. The van der Waals surface area contributed by atoms with Crippen LogP contribution < -0.4 is 9.64 Å². The molecule has 0 aliphatic carbocycles. The molecule has 1 heterocycles. The second-order valence-corrected chi connectivity index (χ2v) is 10.3.